The van der Waals surface area contributed by atoms with E-state index in [-0.39, 0.29) is 11.9 Å². The molecule has 1 amide bonds. The fraction of sp³-hybridized carbons (Fsp3) is 0.235. The Balaban J connectivity index is 2.13. The first kappa shape index (κ1) is 16.7. The summed E-state index contributed by atoms with van der Waals surface area (Å²) >= 11 is 7.71. The lowest BCUT2D eigenvalue weighted by Crippen LogP contribution is -2.26. The fourth-order valence-corrected chi connectivity index (χ4v) is 2.70. The summed E-state index contributed by atoms with van der Waals surface area (Å²) in [7, 11) is 1.63. The zero-order chi connectivity index (χ0) is 16.1. The van der Waals surface area contributed by atoms with Gasteiger partial charge in [0.2, 0.25) is 0 Å². The highest BCUT2D eigenvalue weighted by molar-refractivity contribution is 7.98. The van der Waals surface area contributed by atoms with Gasteiger partial charge in [0, 0.05) is 4.90 Å². The lowest BCUT2D eigenvalue weighted by Gasteiger charge is -2.15. The van der Waals surface area contributed by atoms with E-state index in [2.05, 4.69) is 5.32 Å². The topological polar surface area (TPSA) is 38.3 Å². The molecule has 0 aromatic heterocycles. The van der Waals surface area contributed by atoms with Gasteiger partial charge in [0.15, 0.2) is 0 Å². The molecule has 0 bridgehead atoms. The molecule has 1 N–H and O–H groups in total. The van der Waals surface area contributed by atoms with Gasteiger partial charge in [0.25, 0.3) is 5.91 Å². The molecule has 2 rings (SSSR count). The molecule has 0 saturated heterocycles. The first-order valence-corrected chi connectivity index (χ1v) is 8.43. The number of halogens is 1. The number of carbonyl (C=O) groups excluding carboxylic acids is 1. The van der Waals surface area contributed by atoms with Crippen molar-refractivity contribution in [3.05, 3.63) is 58.6 Å². The zero-order valence-corrected chi connectivity index (χ0v) is 14.3. The number of carbonyl (C=O) groups is 1. The van der Waals surface area contributed by atoms with Crippen LogP contribution in [0.2, 0.25) is 5.02 Å². The summed E-state index contributed by atoms with van der Waals surface area (Å²) in [6.07, 6.45) is 1.96. The first-order valence-electron chi connectivity index (χ1n) is 6.83. The lowest BCUT2D eigenvalue weighted by molar-refractivity contribution is 0.0940. The van der Waals surface area contributed by atoms with E-state index in [0.717, 1.165) is 16.2 Å². The van der Waals surface area contributed by atoms with E-state index in [1.54, 1.807) is 24.9 Å². The summed E-state index contributed by atoms with van der Waals surface area (Å²) < 4.78 is 5.13. The SMILES string of the molecule is COc1ccc([C@H](C)NC(=O)c2cc(SC)ccc2Cl)cc1. The Labute approximate surface area is 140 Å². The molecule has 0 aliphatic rings. The molecule has 3 nitrogen and oxygen atoms in total. The predicted octanol–water partition coefficient (Wildman–Crippen LogP) is 4.56. The van der Waals surface area contributed by atoms with Crippen molar-refractivity contribution in [1.82, 2.24) is 5.32 Å². The maximum atomic E-state index is 12.4. The van der Waals surface area contributed by atoms with Crippen molar-refractivity contribution in [2.75, 3.05) is 13.4 Å². The van der Waals surface area contributed by atoms with Crippen molar-refractivity contribution in [2.24, 2.45) is 0 Å². The van der Waals surface area contributed by atoms with E-state index >= 15 is 0 Å². The largest absolute Gasteiger partial charge is 0.497 e. The highest BCUT2D eigenvalue weighted by atomic mass is 35.5. The summed E-state index contributed by atoms with van der Waals surface area (Å²) in [6.45, 7) is 1.94. The smallest absolute Gasteiger partial charge is 0.253 e. The maximum Gasteiger partial charge on any atom is 0.253 e. The predicted molar refractivity (Wildman–Crippen MR) is 92.1 cm³/mol. The summed E-state index contributed by atoms with van der Waals surface area (Å²) in [5.41, 5.74) is 1.50. The van der Waals surface area contributed by atoms with E-state index in [1.165, 1.54) is 0 Å². The van der Waals surface area contributed by atoms with Crippen LogP contribution in [0.3, 0.4) is 0 Å². The third kappa shape index (κ3) is 3.96. The Bertz CT molecular complexity index is 658. The van der Waals surface area contributed by atoms with E-state index < -0.39 is 0 Å². The zero-order valence-electron chi connectivity index (χ0n) is 12.7. The molecule has 22 heavy (non-hydrogen) atoms. The Morgan fingerprint density at radius 2 is 1.91 bits per heavy atom. The second-order valence-corrected chi connectivity index (χ2v) is 6.10. The molecule has 116 valence electrons. The van der Waals surface area contributed by atoms with Gasteiger partial charge in [-0.2, -0.15) is 0 Å². The van der Waals surface area contributed by atoms with Crippen LogP contribution in [0.15, 0.2) is 47.4 Å². The minimum atomic E-state index is -0.177. The second kappa shape index (κ2) is 7.56. The van der Waals surface area contributed by atoms with E-state index in [4.69, 9.17) is 16.3 Å². The number of ether oxygens (including phenoxy) is 1. The van der Waals surface area contributed by atoms with Crippen LogP contribution in [0.5, 0.6) is 5.75 Å². The molecule has 5 heteroatoms. The summed E-state index contributed by atoms with van der Waals surface area (Å²) in [6, 6.07) is 13.0. The molecule has 0 aliphatic heterocycles. The van der Waals surface area contributed by atoms with Crippen LogP contribution >= 0.6 is 23.4 Å². The van der Waals surface area contributed by atoms with Gasteiger partial charge in [-0.25, -0.2) is 0 Å². The molecule has 0 saturated carbocycles. The van der Waals surface area contributed by atoms with Gasteiger partial charge in [0.1, 0.15) is 5.75 Å². The molecular formula is C17H18ClNO2S. The number of amides is 1. The summed E-state index contributed by atoms with van der Waals surface area (Å²) in [5.74, 6) is 0.613. The van der Waals surface area contributed by atoms with Gasteiger partial charge >= 0.3 is 0 Å². The molecule has 1 atom stereocenters. The number of methoxy groups -OCH3 is 1. The van der Waals surface area contributed by atoms with Crippen molar-refractivity contribution in [1.29, 1.82) is 0 Å². The Kier molecular flexibility index (Phi) is 5.75. The minimum Gasteiger partial charge on any atom is -0.497 e. The van der Waals surface area contributed by atoms with Gasteiger partial charge in [-0.1, -0.05) is 23.7 Å². The number of benzene rings is 2. The maximum absolute atomic E-state index is 12.4. The molecule has 0 aliphatic carbocycles. The Morgan fingerprint density at radius 3 is 2.50 bits per heavy atom. The number of rotatable bonds is 5. The van der Waals surface area contributed by atoms with Crippen LogP contribution in [0.25, 0.3) is 0 Å². The average molecular weight is 336 g/mol. The molecule has 0 spiro atoms. The third-order valence-electron chi connectivity index (χ3n) is 3.38. The van der Waals surface area contributed by atoms with E-state index in [0.29, 0.717) is 10.6 Å². The van der Waals surface area contributed by atoms with Gasteiger partial charge in [0.05, 0.1) is 23.7 Å². The fourth-order valence-electron chi connectivity index (χ4n) is 2.06. The van der Waals surface area contributed by atoms with Gasteiger partial charge in [-0.3, -0.25) is 4.79 Å². The van der Waals surface area contributed by atoms with Crippen molar-refractivity contribution in [3.8, 4) is 5.75 Å². The first-order chi connectivity index (χ1) is 10.5. The molecule has 2 aromatic rings. The van der Waals surface area contributed by atoms with Gasteiger partial charge in [-0.05, 0) is 49.1 Å². The number of hydrogen-bond donors (Lipinski definition) is 1. The normalized spacial score (nSPS) is 11.8. The molecule has 0 unspecified atom stereocenters. The van der Waals surface area contributed by atoms with Crippen molar-refractivity contribution in [2.45, 2.75) is 17.9 Å². The molecule has 2 aromatic carbocycles. The monoisotopic (exact) mass is 335 g/mol. The summed E-state index contributed by atoms with van der Waals surface area (Å²) in [5, 5.41) is 3.42. The molecule has 0 radical (unpaired) electrons. The number of nitrogens with one attached hydrogen (secondary N) is 1. The number of hydrogen-bond acceptors (Lipinski definition) is 3. The van der Waals surface area contributed by atoms with Crippen LogP contribution in [-0.4, -0.2) is 19.3 Å². The second-order valence-electron chi connectivity index (χ2n) is 4.81. The van der Waals surface area contributed by atoms with Crippen LogP contribution in [-0.2, 0) is 0 Å². The van der Waals surface area contributed by atoms with E-state index in [9.17, 15) is 4.79 Å². The van der Waals surface area contributed by atoms with Crippen LogP contribution in [0, 0.1) is 0 Å². The van der Waals surface area contributed by atoms with Crippen LogP contribution < -0.4 is 10.1 Å². The Morgan fingerprint density at radius 1 is 1.23 bits per heavy atom. The van der Waals surface area contributed by atoms with Crippen molar-refractivity contribution in [3.63, 3.8) is 0 Å². The lowest BCUT2D eigenvalue weighted by atomic mass is 10.1. The average Bonchev–Trinajstić information content (AvgIpc) is 2.55. The third-order valence-corrected chi connectivity index (χ3v) is 4.44. The minimum absolute atomic E-state index is 0.118. The van der Waals surface area contributed by atoms with Gasteiger partial charge < -0.3 is 10.1 Å². The highest BCUT2D eigenvalue weighted by Gasteiger charge is 2.15. The van der Waals surface area contributed by atoms with Crippen LogP contribution in [0.1, 0.15) is 28.9 Å². The standard InChI is InChI=1S/C17H18ClNO2S/c1-11(12-4-6-13(21-2)7-5-12)19-17(20)15-10-14(22-3)8-9-16(15)18/h4-11H,1-3H3,(H,19,20)/t11-/m0/s1. The van der Waals surface area contributed by atoms with Crippen molar-refractivity contribution >= 4 is 29.3 Å². The van der Waals surface area contributed by atoms with Crippen LogP contribution in [0.4, 0.5) is 0 Å². The van der Waals surface area contributed by atoms with Gasteiger partial charge in [-0.15, -0.1) is 11.8 Å². The summed E-state index contributed by atoms with van der Waals surface area (Å²) in [4.78, 5) is 13.4. The quantitative estimate of drug-likeness (QED) is 0.814. The Hall–Kier alpha value is -1.65. The number of thioether (sulfide) groups is 1. The molecule has 0 fully saturated rings. The van der Waals surface area contributed by atoms with Crippen molar-refractivity contribution < 1.29 is 9.53 Å². The molecular weight excluding hydrogens is 318 g/mol. The molecule has 0 heterocycles. The highest BCUT2D eigenvalue weighted by Crippen LogP contribution is 2.24. The van der Waals surface area contributed by atoms with E-state index in [1.807, 2.05) is 49.6 Å².